The maximum atomic E-state index is 17.8. The van der Waals surface area contributed by atoms with Crippen molar-refractivity contribution in [2.75, 3.05) is 36.5 Å². The molecule has 2 aromatic heterocycles. The lowest BCUT2D eigenvalue weighted by Gasteiger charge is -2.37. The zero-order chi connectivity index (χ0) is 40.8. The van der Waals surface area contributed by atoms with Gasteiger partial charge in [0, 0.05) is 35.2 Å². The van der Waals surface area contributed by atoms with Gasteiger partial charge in [-0.2, -0.15) is 9.97 Å². The van der Waals surface area contributed by atoms with Crippen LogP contribution in [0.15, 0.2) is 47.7 Å². The van der Waals surface area contributed by atoms with Crippen molar-refractivity contribution in [1.82, 2.24) is 14.9 Å². The molecule has 9 rings (SSSR count). The fourth-order valence-corrected chi connectivity index (χ4v) is 10.8. The van der Waals surface area contributed by atoms with Crippen LogP contribution in [0.1, 0.15) is 81.1 Å². The molecule has 5 atom stereocenters. The molecule has 0 spiro atoms. The first-order chi connectivity index (χ1) is 27.8. The lowest BCUT2D eigenvalue weighted by molar-refractivity contribution is 0.0437. The number of fused-ring (bicyclic) bond motifs is 3. The number of thiophene rings is 1. The Bertz CT molecular complexity index is 2550. The quantitative estimate of drug-likeness (QED) is 0.139. The van der Waals surface area contributed by atoms with Gasteiger partial charge in [0.1, 0.15) is 36.5 Å². The highest BCUT2D eigenvalue weighted by atomic mass is 35.5. The normalized spacial score (nSPS) is 23.7. The molecule has 0 amide bonds. The molecule has 4 aliphatic heterocycles. The molecule has 15 heteroatoms. The van der Waals surface area contributed by atoms with E-state index in [1.807, 2.05) is 33.8 Å². The number of carbonyl (C=O) groups is 1. The maximum absolute atomic E-state index is 17.8. The summed E-state index contributed by atoms with van der Waals surface area (Å²) in [7, 11) is 0. The number of nitrogens with two attached hydrogens (primary N) is 1. The van der Waals surface area contributed by atoms with Crippen LogP contribution in [0, 0.1) is 18.6 Å². The molecule has 10 nitrogen and oxygen atoms in total. The number of nitrogens with zero attached hydrogens (tertiary/aromatic N) is 4. The molecule has 5 aromatic rings. The standard InChI is InChI=1S/C43H44ClF3N6O4S/c1-6-25-18-55-36-32-35(49-42(50-38(32)53(25)23(5)20(2)22(4)48)56-19-43-14-9-15-52(43)17-24(45)16-43)34(47)31(33(36)44)28-12-13-29(46)37-30(28)21(3)40(58-37)51-39-26-10-7-8-11-27(26)41(54)57-39/h7-8,10-13,23-25,39,51H,6,9,14-19,48H2,1-5H3/b22-20-/t23-,24-,25?,39?,43+/m1/s1. The van der Waals surface area contributed by atoms with E-state index in [9.17, 15) is 9.18 Å². The van der Waals surface area contributed by atoms with Crippen molar-refractivity contribution < 1.29 is 32.2 Å². The van der Waals surface area contributed by atoms with Gasteiger partial charge in [0.2, 0.25) is 6.23 Å². The van der Waals surface area contributed by atoms with Crippen LogP contribution in [-0.4, -0.2) is 70.9 Å². The van der Waals surface area contributed by atoms with E-state index in [2.05, 4.69) is 15.1 Å². The number of nitrogens with one attached hydrogen (secondary N) is 1. The number of aryl methyl sites for hydroxylation is 1. The molecule has 0 saturated carbocycles. The Hall–Kier alpha value is -4.79. The highest BCUT2D eigenvalue weighted by molar-refractivity contribution is 7.23. The summed E-state index contributed by atoms with van der Waals surface area (Å²) in [6.45, 7) is 11.1. The number of rotatable bonds is 9. The van der Waals surface area contributed by atoms with Crippen molar-refractivity contribution in [2.45, 2.75) is 90.3 Å². The molecule has 2 fully saturated rings. The lowest BCUT2D eigenvalue weighted by Crippen LogP contribution is -2.46. The Balaban J connectivity index is 1.23. The zero-order valence-corrected chi connectivity index (χ0v) is 34.4. The predicted molar refractivity (Wildman–Crippen MR) is 221 cm³/mol. The van der Waals surface area contributed by atoms with Gasteiger partial charge in [0.15, 0.2) is 11.6 Å². The van der Waals surface area contributed by atoms with E-state index in [0.29, 0.717) is 63.5 Å². The summed E-state index contributed by atoms with van der Waals surface area (Å²) in [6, 6.07) is 9.28. The minimum absolute atomic E-state index is 0.0118. The summed E-state index contributed by atoms with van der Waals surface area (Å²) in [5.41, 5.74) is 9.33. The molecule has 0 radical (unpaired) electrons. The molecule has 0 aliphatic carbocycles. The third kappa shape index (κ3) is 6.04. The Kier molecular flexibility index (Phi) is 9.67. The van der Waals surface area contributed by atoms with Crippen LogP contribution in [0.3, 0.4) is 0 Å². The van der Waals surface area contributed by atoms with Crippen LogP contribution in [0.25, 0.3) is 32.1 Å². The van der Waals surface area contributed by atoms with Crippen molar-refractivity contribution in [3.8, 4) is 22.9 Å². The number of carbonyl (C=O) groups excluding carboxylic acids is 1. The monoisotopic (exact) mass is 832 g/mol. The second kappa shape index (κ2) is 14.5. The number of hydrogen-bond donors (Lipinski definition) is 2. The molecule has 3 aromatic carbocycles. The van der Waals surface area contributed by atoms with Crippen molar-refractivity contribution in [1.29, 1.82) is 0 Å². The Morgan fingerprint density at radius 1 is 1.17 bits per heavy atom. The van der Waals surface area contributed by atoms with Crippen LogP contribution in [0.2, 0.25) is 5.02 Å². The number of aromatic nitrogens is 2. The first-order valence-corrected chi connectivity index (χ1v) is 20.9. The second-order valence-electron chi connectivity index (χ2n) is 15.9. The topological polar surface area (TPSA) is 115 Å². The average Bonchev–Trinajstić information content (AvgIpc) is 3.90. The van der Waals surface area contributed by atoms with Crippen molar-refractivity contribution >= 4 is 60.7 Å². The predicted octanol–water partition coefficient (Wildman–Crippen LogP) is 9.61. The van der Waals surface area contributed by atoms with Gasteiger partial charge in [0.25, 0.3) is 0 Å². The molecular weight excluding hydrogens is 789 g/mol. The molecule has 0 bridgehead atoms. The van der Waals surface area contributed by atoms with Gasteiger partial charge in [-0.3, -0.25) is 4.90 Å². The van der Waals surface area contributed by atoms with Crippen LogP contribution in [0.4, 0.5) is 24.0 Å². The molecule has 58 heavy (non-hydrogen) atoms. The third-order valence-corrected chi connectivity index (χ3v) is 14.2. The molecular formula is C43H44ClF3N6O4S. The number of ether oxygens (including phenoxy) is 3. The lowest BCUT2D eigenvalue weighted by atomic mass is 9.95. The highest BCUT2D eigenvalue weighted by Gasteiger charge is 2.49. The SMILES string of the molecule is CCC1COc2c(Cl)c(-c3ccc(F)c4sc(NC5OC(=O)c6ccccc65)c(C)c34)c(F)c3nc(OC[C@@]45CCCN4C[C@H](F)C5)nc(c23)N1[C@H](C)/C(C)=C(/C)N. The summed E-state index contributed by atoms with van der Waals surface area (Å²) >= 11 is 8.44. The minimum Gasteiger partial charge on any atom is -0.489 e. The number of allylic oxidation sites excluding steroid dienone is 1. The van der Waals surface area contributed by atoms with Crippen LogP contribution in [0.5, 0.6) is 11.8 Å². The fourth-order valence-electron chi connectivity index (χ4n) is 9.33. The van der Waals surface area contributed by atoms with E-state index >= 15 is 8.78 Å². The number of anilines is 2. The van der Waals surface area contributed by atoms with Crippen molar-refractivity contribution in [3.63, 3.8) is 0 Å². The largest absolute Gasteiger partial charge is 0.489 e. The van der Waals surface area contributed by atoms with E-state index in [0.717, 1.165) is 36.3 Å². The van der Waals surface area contributed by atoms with Crippen LogP contribution >= 0.6 is 22.9 Å². The van der Waals surface area contributed by atoms with Gasteiger partial charge in [-0.05, 0) is 82.3 Å². The van der Waals surface area contributed by atoms with Gasteiger partial charge in [-0.1, -0.05) is 42.8 Å². The van der Waals surface area contributed by atoms with Crippen LogP contribution < -0.4 is 25.4 Å². The van der Waals surface area contributed by atoms with E-state index in [1.165, 1.54) is 12.1 Å². The van der Waals surface area contributed by atoms with Gasteiger partial charge >= 0.3 is 12.0 Å². The summed E-state index contributed by atoms with van der Waals surface area (Å²) < 4.78 is 67.2. The molecule has 304 valence electrons. The number of cyclic esters (lactones) is 1. The van der Waals surface area contributed by atoms with E-state index in [1.54, 1.807) is 25.1 Å². The second-order valence-corrected chi connectivity index (χ2v) is 17.3. The zero-order valence-electron chi connectivity index (χ0n) is 32.8. The summed E-state index contributed by atoms with van der Waals surface area (Å²) in [5.74, 6) is -1.15. The fraction of sp³-hybridized carbons (Fsp3) is 0.419. The first-order valence-electron chi connectivity index (χ1n) is 19.7. The number of halogens is 4. The molecule has 2 saturated heterocycles. The number of benzene rings is 3. The van der Waals surface area contributed by atoms with E-state index in [4.69, 9.17) is 41.5 Å². The Morgan fingerprint density at radius 2 is 1.97 bits per heavy atom. The Morgan fingerprint density at radius 3 is 2.74 bits per heavy atom. The molecule has 4 aliphatic rings. The number of alkyl halides is 1. The molecule has 6 heterocycles. The summed E-state index contributed by atoms with van der Waals surface area (Å²) in [5, 5.41) is 4.52. The highest BCUT2D eigenvalue weighted by Crippen LogP contribution is 2.52. The maximum Gasteiger partial charge on any atom is 0.340 e. The molecule has 3 N–H and O–H groups in total. The van der Waals surface area contributed by atoms with Gasteiger partial charge in [-0.15, -0.1) is 11.3 Å². The van der Waals surface area contributed by atoms with Crippen molar-refractivity contribution in [2.24, 2.45) is 5.73 Å². The number of hydrogen-bond acceptors (Lipinski definition) is 11. The average molecular weight is 833 g/mol. The van der Waals surface area contributed by atoms with Gasteiger partial charge in [0.05, 0.1) is 43.3 Å². The third-order valence-electron chi connectivity index (χ3n) is 12.6. The van der Waals surface area contributed by atoms with E-state index in [-0.39, 0.29) is 63.2 Å². The minimum atomic E-state index is -0.961. The van der Waals surface area contributed by atoms with Crippen molar-refractivity contribution in [3.05, 3.63) is 81.0 Å². The van der Waals surface area contributed by atoms with E-state index < -0.39 is 35.5 Å². The first kappa shape index (κ1) is 38.7. The molecule has 2 unspecified atom stereocenters. The number of esters is 1. The summed E-state index contributed by atoms with van der Waals surface area (Å²) in [4.78, 5) is 26.6. The van der Waals surface area contributed by atoms with Gasteiger partial charge in [-0.25, -0.2) is 18.0 Å². The Labute approximate surface area is 343 Å². The summed E-state index contributed by atoms with van der Waals surface area (Å²) in [6.07, 6.45) is 0.920. The van der Waals surface area contributed by atoms with Crippen LogP contribution in [-0.2, 0) is 4.74 Å². The van der Waals surface area contributed by atoms with Gasteiger partial charge < -0.3 is 30.2 Å². The smallest absolute Gasteiger partial charge is 0.340 e.